The van der Waals surface area contributed by atoms with E-state index in [1.165, 1.54) is 0 Å². The van der Waals surface area contributed by atoms with Gasteiger partial charge in [0, 0.05) is 11.1 Å². The molecule has 1 N–H and O–H groups in total. The Kier molecular flexibility index (Phi) is 5.53. The summed E-state index contributed by atoms with van der Waals surface area (Å²) in [6, 6.07) is 14.3. The zero-order valence-corrected chi connectivity index (χ0v) is 12.3. The smallest absolute Gasteiger partial charge is 0.387 e. The topological polar surface area (TPSA) is 21.3 Å². The molecule has 2 nitrogen and oxygen atoms in total. The monoisotopic (exact) mass is 311 g/mol. The Balaban J connectivity index is 2.12. The third-order valence-electron chi connectivity index (χ3n) is 3.24. The summed E-state index contributed by atoms with van der Waals surface area (Å²) in [6.07, 6.45) is 0.714. The van der Waals surface area contributed by atoms with Gasteiger partial charge < -0.3 is 10.1 Å². The van der Waals surface area contributed by atoms with Crippen molar-refractivity contribution >= 4 is 11.6 Å². The highest BCUT2D eigenvalue weighted by atomic mass is 35.5. The van der Waals surface area contributed by atoms with E-state index in [-0.39, 0.29) is 11.8 Å². The summed E-state index contributed by atoms with van der Waals surface area (Å²) >= 11 is 6.16. The van der Waals surface area contributed by atoms with E-state index in [0.29, 0.717) is 6.42 Å². The van der Waals surface area contributed by atoms with E-state index < -0.39 is 6.61 Å². The van der Waals surface area contributed by atoms with Crippen LogP contribution in [0, 0.1) is 0 Å². The van der Waals surface area contributed by atoms with E-state index in [2.05, 4.69) is 10.1 Å². The maximum atomic E-state index is 12.1. The first kappa shape index (κ1) is 15.7. The van der Waals surface area contributed by atoms with Gasteiger partial charge in [-0.2, -0.15) is 8.78 Å². The summed E-state index contributed by atoms with van der Waals surface area (Å²) in [5.74, 6) is 0.154. The zero-order chi connectivity index (χ0) is 15.2. The van der Waals surface area contributed by atoms with Crippen molar-refractivity contribution in [1.82, 2.24) is 5.32 Å². The molecule has 0 heterocycles. The number of rotatable bonds is 6. The Bertz CT molecular complexity index is 575. The number of nitrogens with one attached hydrogen (secondary N) is 1. The van der Waals surface area contributed by atoms with Crippen LogP contribution in [0.2, 0.25) is 5.02 Å². The molecule has 0 saturated carbocycles. The number of benzene rings is 2. The summed E-state index contributed by atoms with van der Waals surface area (Å²) < 4.78 is 28.6. The summed E-state index contributed by atoms with van der Waals surface area (Å²) in [4.78, 5) is 0. The molecule has 1 atom stereocenters. The molecule has 0 bridgehead atoms. The highest BCUT2D eigenvalue weighted by molar-refractivity contribution is 6.31. The van der Waals surface area contributed by atoms with Gasteiger partial charge in [-0.3, -0.25) is 0 Å². The molecule has 2 aromatic carbocycles. The fraction of sp³-hybridized carbons (Fsp3) is 0.250. The van der Waals surface area contributed by atoms with Gasteiger partial charge in [0.05, 0.1) is 0 Å². The molecule has 0 aliphatic carbocycles. The Hall–Kier alpha value is -1.65. The van der Waals surface area contributed by atoms with Gasteiger partial charge in [-0.25, -0.2) is 0 Å². The van der Waals surface area contributed by atoms with Crippen LogP contribution in [0.5, 0.6) is 5.75 Å². The Morgan fingerprint density at radius 2 is 1.76 bits per heavy atom. The molecule has 2 rings (SSSR count). The first-order valence-electron chi connectivity index (χ1n) is 6.55. The van der Waals surface area contributed by atoms with Crippen molar-refractivity contribution < 1.29 is 13.5 Å². The average molecular weight is 312 g/mol. The average Bonchev–Trinajstić information content (AvgIpc) is 2.47. The molecule has 2 aromatic rings. The second kappa shape index (κ2) is 7.38. The SMILES string of the molecule is CNC(Cc1ccccc1Cl)c1ccc(OC(F)F)cc1. The second-order valence-electron chi connectivity index (χ2n) is 4.58. The van der Waals surface area contributed by atoms with E-state index in [9.17, 15) is 8.78 Å². The molecule has 112 valence electrons. The van der Waals surface area contributed by atoms with Gasteiger partial charge in [-0.05, 0) is 42.8 Å². The lowest BCUT2D eigenvalue weighted by atomic mass is 9.99. The summed E-state index contributed by atoms with van der Waals surface area (Å²) in [5, 5.41) is 3.92. The van der Waals surface area contributed by atoms with Crippen LogP contribution in [0.15, 0.2) is 48.5 Å². The maximum Gasteiger partial charge on any atom is 0.387 e. The third kappa shape index (κ3) is 4.41. The standard InChI is InChI=1S/C16H16ClF2NO/c1-20-15(10-12-4-2-3-5-14(12)17)11-6-8-13(9-7-11)21-16(18)19/h2-9,15-16,20H,10H2,1H3. The van der Waals surface area contributed by atoms with E-state index in [1.54, 1.807) is 24.3 Å². The van der Waals surface area contributed by atoms with Crippen molar-refractivity contribution in [3.63, 3.8) is 0 Å². The summed E-state index contributed by atoms with van der Waals surface area (Å²) in [7, 11) is 1.85. The molecule has 0 saturated heterocycles. The van der Waals surface area contributed by atoms with E-state index in [1.807, 2.05) is 31.3 Å². The summed E-state index contributed by atoms with van der Waals surface area (Å²) in [5.41, 5.74) is 2.02. The minimum atomic E-state index is -2.81. The number of alkyl halides is 2. The molecule has 0 amide bonds. The predicted octanol–water partition coefficient (Wildman–Crippen LogP) is 4.44. The first-order valence-corrected chi connectivity index (χ1v) is 6.93. The first-order chi connectivity index (χ1) is 10.1. The van der Waals surface area contributed by atoms with Crippen LogP contribution in [0.4, 0.5) is 8.78 Å². The van der Waals surface area contributed by atoms with Gasteiger partial charge in [0.2, 0.25) is 0 Å². The van der Waals surface area contributed by atoms with Crippen molar-refractivity contribution in [1.29, 1.82) is 0 Å². The van der Waals surface area contributed by atoms with E-state index in [0.717, 1.165) is 16.1 Å². The van der Waals surface area contributed by atoms with Crippen LogP contribution in [-0.4, -0.2) is 13.7 Å². The normalized spacial score (nSPS) is 12.4. The second-order valence-corrected chi connectivity index (χ2v) is 4.99. The van der Waals surface area contributed by atoms with Gasteiger partial charge >= 0.3 is 6.61 Å². The zero-order valence-electron chi connectivity index (χ0n) is 11.5. The van der Waals surface area contributed by atoms with Crippen molar-refractivity contribution in [2.24, 2.45) is 0 Å². The van der Waals surface area contributed by atoms with Crippen molar-refractivity contribution in [3.05, 3.63) is 64.7 Å². The van der Waals surface area contributed by atoms with Crippen LogP contribution in [0.25, 0.3) is 0 Å². The lowest BCUT2D eigenvalue weighted by molar-refractivity contribution is -0.0498. The Morgan fingerprint density at radius 3 is 2.33 bits per heavy atom. The van der Waals surface area contributed by atoms with Gasteiger partial charge in [-0.15, -0.1) is 0 Å². The molecular formula is C16H16ClF2NO. The molecular weight excluding hydrogens is 296 g/mol. The molecule has 0 fully saturated rings. The molecule has 0 aliphatic heterocycles. The molecule has 1 unspecified atom stereocenters. The van der Waals surface area contributed by atoms with E-state index in [4.69, 9.17) is 11.6 Å². The van der Waals surface area contributed by atoms with Gasteiger partial charge in [-0.1, -0.05) is 41.9 Å². The molecule has 5 heteroatoms. The fourth-order valence-corrected chi connectivity index (χ4v) is 2.36. The highest BCUT2D eigenvalue weighted by Crippen LogP contribution is 2.25. The lowest BCUT2D eigenvalue weighted by Crippen LogP contribution is -2.19. The number of hydrogen-bond acceptors (Lipinski definition) is 2. The van der Waals surface area contributed by atoms with Crippen molar-refractivity contribution in [2.75, 3.05) is 7.05 Å². The number of likely N-dealkylation sites (N-methyl/N-ethyl adjacent to an activating group) is 1. The minimum Gasteiger partial charge on any atom is -0.435 e. The van der Waals surface area contributed by atoms with Crippen molar-refractivity contribution in [2.45, 2.75) is 19.1 Å². The summed E-state index contributed by atoms with van der Waals surface area (Å²) in [6.45, 7) is -2.81. The highest BCUT2D eigenvalue weighted by Gasteiger charge is 2.12. The van der Waals surface area contributed by atoms with Crippen LogP contribution >= 0.6 is 11.6 Å². The third-order valence-corrected chi connectivity index (χ3v) is 3.61. The van der Waals surface area contributed by atoms with Crippen LogP contribution < -0.4 is 10.1 Å². The Morgan fingerprint density at radius 1 is 1.10 bits per heavy atom. The number of hydrogen-bond donors (Lipinski definition) is 1. The van der Waals surface area contributed by atoms with Crippen LogP contribution in [-0.2, 0) is 6.42 Å². The number of halogens is 3. The minimum absolute atomic E-state index is 0.0468. The maximum absolute atomic E-state index is 12.1. The fourth-order valence-electron chi connectivity index (χ4n) is 2.15. The quantitative estimate of drug-likeness (QED) is 0.851. The largest absolute Gasteiger partial charge is 0.435 e. The molecule has 21 heavy (non-hydrogen) atoms. The molecule has 0 radical (unpaired) electrons. The van der Waals surface area contributed by atoms with E-state index >= 15 is 0 Å². The van der Waals surface area contributed by atoms with Crippen LogP contribution in [0.3, 0.4) is 0 Å². The van der Waals surface area contributed by atoms with Crippen molar-refractivity contribution in [3.8, 4) is 5.75 Å². The lowest BCUT2D eigenvalue weighted by Gasteiger charge is -2.18. The molecule has 0 aliphatic rings. The van der Waals surface area contributed by atoms with Gasteiger partial charge in [0.1, 0.15) is 5.75 Å². The van der Waals surface area contributed by atoms with Gasteiger partial charge in [0.15, 0.2) is 0 Å². The molecule has 0 aromatic heterocycles. The van der Waals surface area contributed by atoms with Crippen LogP contribution in [0.1, 0.15) is 17.2 Å². The Labute approximate surface area is 127 Å². The molecule has 0 spiro atoms. The predicted molar refractivity (Wildman–Crippen MR) is 80.0 cm³/mol. The van der Waals surface area contributed by atoms with Gasteiger partial charge in [0.25, 0.3) is 0 Å². The number of ether oxygens (including phenoxy) is 1.